The van der Waals surface area contributed by atoms with Gasteiger partial charge >= 0.3 is 11.9 Å². The van der Waals surface area contributed by atoms with Crippen molar-refractivity contribution in [3.8, 4) is 5.75 Å². The molecule has 39 heavy (non-hydrogen) atoms. The van der Waals surface area contributed by atoms with Crippen molar-refractivity contribution in [2.75, 3.05) is 31.7 Å². The number of rotatable bonds is 11. The van der Waals surface area contributed by atoms with Gasteiger partial charge in [0.15, 0.2) is 0 Å². The van der Waals surface area contributed by atoms with Crippen molar-refractivity contribution in [1.29, 1.82) is 0 Å². The fourth-order valence-electron chi connectivity index (χ4n) is 4.14. The highest BCUT2D eigenvalue weighted by Gasteiger charge is 2.18. The number of esters is 1. The van der Waals surface area contributed by atoms with Crippen molar-refractivity contribution < 1.29 is 24.2 Å². The lowest BCUT2D eigenvalue weighted by molar-refractivity contribution is -0.144. The summed E-state index contributed by atoms with van der Waals surface area (Å²) in [6, 6.07) is 25.6. The summed E-state index contributed by atoms with van der Waals surface area (Å²) in [5, 5.41) is 19.5. The summed E-state index contributed by atoms with van der Waals surface area (Å²) in [4.78, 5) is 25.8. The highest BCUT2D eigenvalue weighted by molar-refractivity contribution is 5.88. The second-order valence-electron chi connectivity index (χ2n) is 9.01. The predicted molar refractivity (Wildman–Crippen MR) is 152 cm³/mol. The van der Waals surface area contributed by atoms with E-state index in [4.69, 9.17) is 14.6 Å². The van der Waals surface area contributed by atoms with Crippen LogP contribution < -0.4 is 9.64 Å². The Hall–Kier alpha value is -4.72. The number of carboxylic acids is 1. The molecule has 0 bridgehead atoms. The van der Waals surface area contributed by atoms with E-state index in [1.807, 2.05) is 74.5 Å². The van der Waals surface area contributed by atoms with Crippen LogP contribution in [0.5, 0.6) is 5.75 Å². The van der Waals surface area contributed by atoms with Crippen LogP contribution in [0.4, 0.5) is 17.1 Å². The maximum Gasteiger partial charge on any atom is 0.335 e. The summed E-state index contributed by atoms with van der Waals surface area (Å²) < 4.78 is 10.9. The number of hydrogen-bond donors (Lipinski definition) is 1. The Labute approximate surface area is 227 Å². The van der Waals surface area contributed by atoms with Gasteiger partial charge in [-0.2, -0.15) is 10.2 Å². The summed E-state index contributed by atoms with van der Waals surface area (Å²) in [6.07, 6.45) is 0. The van der Waals surface area contributed by atoms with Crippen molar-refractivity contribution in [2.45, 2.75) is 19.8 Å². The van der Waals surface area contributed by atoms with Gasteiger partial charge < -0.3 is 19.5 Å². The van der Waals surface area contributed by atoms with Crippen molar-refractivity contribution in [3.63, 3.8) is 0 Å². The average molecular weight is 526 g/mol. The Morgan fingerprint density at radius 1 is 0.872 bits per heavy atom. The van der Waals surface area contributed by atoms with Gasteiger partial charge in [-0.25, -0.2) is 4.79 Å². The molecule has 0 aliphatic carbocycles. The number of carboxylic acid groups (broad SMARTS) is 1. The Morgan fingerprint density at radius 3 is 2.10 bits per heavy atom. The number of carbonyl (C=O) groups excluding carboxylic acids is 1. The summed E-state index contributed by atoms with van der Waals surface area (Å²) >= 11 is 0. The zero-order chi connectivity index (χ0) is 27.8. The van der Waals surface area contributed by atoms with E-state index in [9.17, 15) is 9.59 Å². The molecule has 0 saturated heterocycles. The lowest BCUT2D eigenvalue weighted by Gasteiger charge is -2.23. The van der Waals surface area contributed by atoms with Crippen LogP contribution in [0.25, 0.3) is 10.8 Å². The highest BCUT2D eigenvalue weighted by atomic mass is 16.5. The molecule has 0 aromatic heterocycles. The van der Waals surface area contributed by atoms with Gasteiger partial charge in [-0.3, -0.25) is 4.79 Å². The molecule has 1 N–H and O–H groups in total. The molecule has 0 saturated carbocycles. The second-order valence-corrected chi connectivity index (χ2v) is 9.01. The van der Waals surface area contributed by atoms with Crippen LogP contribution >= 0.6 is 0 Å². The Balaban J connectivity index is 1.30. The first-order valence-corrected chi connectivity index (χ1v) is 12.7. The van der Waals surface area contributed by atoms with Crippen LogP contribution in [0, 0.1) is 0 Å². The van der Waals surface area contributed by atoms with Gasteiger partial charge in [0.05, 0.1) is 36.5 Å². The van der Waals surface area contributed by atoms with E-state index in [2.05, 4.69) is 15.1 Å². The highest BCUT2D eigenvalue weighted by Crippen LogP contribution is 2.26. The molecule has 0 amide bonds. The van der Waals surface area contributed by atoms with Crippen LogP contribution in [0.2, 0.25) is 0 Å². The molecule has 0 unspecified atom stereocenters. The van der Waals surface area contributed by atoms with Crippen molar-refractivity contribution in [3.05, 3.63) is 96.1 Å². The molecule has 0 heterocycles. The van der Waals surface area contributed by atoms with E-state index in [0.29, 0.717) is 17.9 Å². The van der Waals surface area contributed by atoms with Crippen LogP contribution in [-0.2, 0) is 9.53 Å². The number of anilines is 1. The summed E-state index contributed by atoms with van der Waals surface area (Å²) in [5.41, 5.74) is 3.34. The maximum absolute atomic E-state index is 12.8. The fourth-order valence-corrected chi connectivity index (χ4v) is 4.14. The number of nitrogens with zero attached hydrogens (tertiary/aromatic N) is 3. The quantitative estimate of drug-likeness (QED) is 0.165. The first-order chi connectivity index (χ1) is 18.9. The molecule has 8 nitrogen and oxygen atoms in total. The Kier molecular flexibility index (Phi) is 8.89. The SMILES string of the molecule is CCN(CCOC(=O)[C@@H](C)c1ccc2cc(OC)ccc2c1)c1ccc(N=Nc2ccc(C(=O)O)cc2)cc1. The fraction of sp³-hybridized carbons (Fsp3) is 0.226. The minimum absolute atomic E-state index is 0.202. The van der Waals surface area contributed by atoms with E-state index in [0.717, 1.165) is 34.3 Å². The molecule has 0 spiro atoms. The van der Waals surface area contributed by atoms with E-state index < -0.39 is 5.97 Å². The Bertz CT molecular complexity index is 1470. The molecular formula is C31H31N3O5. The van der Waals surface area contributed by atoms with Gasteiger partial charge in [0.1, 0.15) is 12.4 Å². The minimum atomic E-state index is -0.981. The van der Waals surface area contributed by atoms with Crippen LogP contribution in [0.3, 0.4) is 0 Å². The molecule has 8 heteroatoms. The van der Waals surface area contributed by atoms with Crippen LogP contribution in [0.15, 0.2) is 95.2 Å². The number of hydrogen-bond acceptors (Lipinski definition) is 7. The first kappa shape index (κ1) is 27.3. The average Bonchev–Trinajstić information content (AvgIpc) is 2.97. The maximum atomic E-state index is 12.8. The number of azo groups is 1. The van der Waals surface area contributed by atoms with E-state index >= 15 is 0 Å². The molecule has 0 aliphatic heterocycles. The molecule has 4 aromatic rings. The third-order valence-electron chi connectivity index (χ3n) is 6.52. The standard InChI is InChI=1S/C31H31N3O5/c1-4-34(28-14-12-27(13-15-28)33-32-26-10-7-22(8-11-26)30(35)36)17-18-39-31(37)21(2)23-5-6-25-20-29(38-3)16-9-24(25)19-23/h5-16,19-21H,4,17-18H2,1-3H3,(H,35,36)/t21-/m0/s1. The largest absolute Gasteiger partial charge is 0.497 e. The van der Waals surface area contributed by atoms with Gasteiger partial charge in [0.2, 0.25) is 0 Å². The van der Waals surface area contributed by atoms with Crippen LogP contribution in [0.1, 0.15) is 35.7 Å². The number of fused-ring (bicyclic) bond motifs is 1. The van der Waals surface area contributed by atoms with Gasteiger partial charge in [-0.05, 0) is 90.8 Å². The van der Waals surface area contributed by atoms with Crippen LogP contribution in [-0.4, -0.2) is 43.9 Å². The summed E-state index contributed by atoms with van der Waals surface area (Å²) in [5.74, 6) is -0.819. The third kappa shape index (κ3) is 6.98. The lowest BCUT2D eigenvalue weighted by Crippen LogP contribution is -2.28. The van der Waals surface area contributed by atoms with Crippen molar-refractivity contribution in [1.82, 2.24) is 0 Å². The second kappa shape index (κ2) is 12.7. The normalized spacial score (nSPS) is 11.9. The van der Waals surface area contributed by atoms with E-state index in [-0.39, 0.29) is 24.1 Å². The summed E-state index contributed by atoms with van der Waals surface area (Å²) in [6.45, 7) is 5.48. The monoisotopic (exact) mass is 525 g/mol. The number of carbonyl (C=O) groups is 2. The van der Waals surface area contributed by atoms with Crippen molar-refractivity contribution >= 4 is 39.8 Å². The predicted octanol–water partition coefficient (Wildman–Crippen LogP) is 7.14. The third-order valence-corrected chi connectivity index (χ3v) is 6.52. The topological polar surface area (TPSA) is 101 Å². The number of likely N-dealkylation sites (N-methyl/N-ethyl adjacent to an activating group) is 1. The first-order valence-electron chi connectivity index (χ1n) is 12.7. The lowest BCUT2D eigenvalue weighted by atomic mass is 9.98. The molecule has 0 fully saturated rings. The zero-order valence-corrected chi connectivity index (χ0v) is 22.2. The number of aromatic carboxylic acids is 1. The molecule has 0 aliphatic rings. The minimum Gasteiger partial charge on any atom is -0.497 e. The zero-order valence-electron chi connectivity index (χ0n) is 22.2. The van der Waals surface area contributed by atoms with E-state index in [1.54, 1.807) is 19.2 Å². The Morgan fingerprint density at radius 2 is 1.49 bits per heavy atom. The number of ether oxygens (including phenoxy) is 2. The molecule has 200 valence electrons. The smallest absolute Gasteiger partial charge is 0.335 e. The summed E-state index contributed by atoms with van der Waals surface area (Å²) in [7, 11) is 1.64. The molecule has 0 radical (unpaired) electrons. The van der Waals surface area contributed by atoms with Gasteiger partial charge in [-0.15, -0.1) is 0 Å². The van der Waals surface area contributed by atoms with E-state index in [1.165, 1.54) is 12.1 Å². The van der Waals surface area contributed by atoms with Gasteiger partial charge in [0.25, 0.3) is 0 Å². The van der Waals surface area contributed by atoms with Gasteiger partial charge in [-0.1, -0.05) is 24.3 Å². The number of methoxy groups -OCH3 is 1. The number of benzene rings is 4. The molecular weight excluding hydrogens is 494 g/mol. The van der Waals surface area contributed by atoms with Gasteiger partial charge in [0, 0.05) is 12.2 Å². The molecule has 4 rings (SSSR count). The molecule has 1 atom stereocenters. The van der Waals surface area contributed by atoms with Crippen molar-refractivity contribution in [2.24, 2.45) is 10.2 Å². The molecule has 4 aromatic carbocycles.